The summed E-state index contributed by atoms with van der Waals surface area (Å²) in [4.78, 5) is 19.4. The van der Waals surface area contributed by atoms with Crippen LogP contribution in [0.3, 0.4) is 0 Å². The lowest BCUT2D eigenvalue weighted by molar-refractivity contribution is 0.655. The van der Waals surface area contributed by atoms with Crippen LogP contribution >= 0.6 is 0 Å². The number of aromatic amines is 1. The maximum atomic E-state index is 12.2. The molecule has 0 aliphatic rings. The molecule has 2 aromatic heterocycles. The van der Waals surface area contributed by atoms with E-state index >= 15 is 0 Å². The van der Waals surface area contributed by atoms with Crippen molar-refractivity contribution in [3.05, 3.63) is 58.3 Å². The highest BCUT2D eigenvalue weighted by Gasteiger charge is 2.06. The number of aromatic nitrogens is 3. The smallest absolute Gasteiger partial charge is 0.343 e. The van der Waals surface area contributed by atoms with Gasteiger partial charge >= 0.3 is 5.69 Å². The molecule has 0 spiro atoms. The number of rotatable bonds is 6. The SMILES string of the molecule is CC.Cc1cc2cn(-c3ccc(CNCCCN)cc3)c(=O)nc2[nH]1. The Hall–Kier alpha value is -2.44. The van der Waals surface area contributed by atoms with Crippen molar-refractivity contribution in [1.82, 2.24) is 19.9 Å². The molecule has 3 aromatic rings. The standard InChI is InChI=1S/C17H21N5O.C2H6/c1-12-9-14-11-22(17(23)21-16(14)20-12)15-5-3-13(4-6-15)10-19-8-2-7-18;1-2/h3-6,9,11,19H,2,7-8,10,18H2,1H3,(H,20,21,23);1-2H3. The molecule has 0 saturated carbocycles. The van der Waals surface area contributed by atoms with Gasteiger partial charge in [-0.25, -0.2) is 4.79 Å². The van der Waals surface area contributed by atoms with Gasteiger partial charge in [0.1, 0.15) is 5.65 Å². The summed E-state index contributed by atoms with van der Waals surface area (Å²) in [6.45, 7) is 8.35. The molecule has 0 aliphatic heterocycles. The molecule has 4 N–H and O–H groups in total. The molecule has 0 bridgehead atoms. The number of H-pyrrole nitrogens is 1. The quantitative estimate of drug-likeness (QED) is 0.601. The van der Waals surface area contributed by atoms with E-state index in [1.807, 2.05) is 57.3 Å². The van der Waals surface area contributed by atoms with Crippen molar-refractivity contribution in [2.45, 2.75) is 33.7 Å². The molecular formula is C19H27N5O. The lowest BCUT2D eigenvalue weighted by Crippen LogP contribution is -2.20. The molecule has 2 heterocycles. The maximum absolute atomic E-state index is 12.2. The Kier molecular flexibility index (Phi) is 6.91. The second-order valence-corrected chi connectivity index (χ2v) is 5.64. The molecule has 0 fully saturated rings. The average molecular weight is 341 g/mol. The van der Waals surface area contributed by atoms with Gasteiger partial charge in [0.05, 0.1) is 5.69 Å². The number of aryl methyl sites for hydroxylation is 1. The number of hydrogen-bond acceptors (Lipinski definition) is 4. The highest BCUT2D eigenvalue weighted by Crippen LogP contribution is 2.13. The molecule has 0 radical (unpaired) electrons. The summed E-state index contributed by atoms with van der Waals surface area (Å²) in [5.74, 6) is 0. The van der Waals surface area contributed by atoms with Gasteiger partial charge in [0.2, 0.25) is 0 Å². The van der Waals surface area contributed by atoms with Crippen LogP contribution in [0.15, 0.2) is 41.3 Å². The molecule has 0 aliphatic carbocycles. The van der Waals surface area contributed by atoms with E-state index < -0.39 is 0 Å². The van der Waals surface area contributed by atoms with Crippen molar-refractivity contribution in [1.29, 1.82) is 0 Å². The normalized spacial score (nSPS) is 10.6. The largest absolute Gasteiger partial charge is 0.354 e. The Morgan fingerprint density at radius 2 is 1.96 bits per heavy atom. The van der Waals surface area contributed by atoms with Crippen molar-refractivity contribution in [3.8, 4) is 5.69 Å². The predicted octanol–water partition coefficient (Wildman–Crippen LogP) is 2.49. The van der Waals surface area contributed by atoms with Crippen LogP contribution in [0, 0.1) is 6.92 Å². The van der Waals surface area contributed by atoms with Gasteiger partial charge in [0.15, 0.2) is 0 Å². The third kappa shape index (κ3) is 4.78. The van der Waals surface area contributed by atoms with Crippen molar-refractivity contribution in [2.75, 3.05) is 13.1 Å². The van der Waals surface area contributed by atoms with E-state index in [0.29, 0.717) is 12.2 Å². The summed E-state index contributed by atoms with van der Waals surface area (Å²) >= 11 is 0. The average Bonchev–Trinajstić information content (AvgIpc) is 2.99. The summed E-state index contributed by atoms with van der Waals surface area (Å²) in [5.41, 5.74) is 8.79. The number of nitrogens with two attached hydrogens (primary N) is 1. The molecule has 25 heavy (non-hydrogen) atoms. The van der Waals surface area contributed by atoms with Crippen molar-refractivity contribution < 1.29 is 0 Å². The van der Waals surface area contributed by atoms with Crippen LogP contribution in [-0.2, 0) is 6.54 Å². The van der Waals surface area contributed by atoms with E-state index in [9.17, 15) is 4.79 Å². The van der Waals surface area contributed by atoms with Gasteiger partial charge in [-0.1, -0.05) is 26.0 Å². The zero-order chi connectivity index (χ0) is 18.2. The van der Waals surface area contributed by atoms with Gasteiger partial charge in [-0.05, 0) is 50.2 Å². The Balaban J connectivity index is 0.00000109. The van der Waals surface area contributed by atoms with Gasteiger partial charge in [-0.15, -0.1) is 0 Å². The minimum Gasteiger partial charge on any atom is -0.343 e. The second-order valence-electron chi connectivity index (χ2n) is 5.64. The number of hydrogen-bond donors (Lipinski definition) is 3. The van der Waals surface area contributed by atoms with Crippen molar-refractivity contribution >= 4 is 11.0 Å². The van der Waals surface area contributed by atoms with E-state index in [1.165, 1.54) is 5.56 Å². The summed E-state index contributed by atoms with van der Waals surface area (Å²) < 4.78 is 1.57. The molecule has 1 aromatic carbocycles. The molecule has 0 amide bonds. The fourth-order valence-electron chi connectivity index (χ4n) is 2.55. The zero-order valence-corrected chi connectivity index (χ0v) is 15.2. The molecule has 0 unspecified atom stereocenters. The highest BCUT2D eigenvalue weighted by molar-refractivity contribution is 5.75. The fourth-order valence-corrected chi connectivity index (χ4v) is 2.55. The number of nitrogens with zero attached hydrogens (tertiary/aromatic N) is 2. The van der Waals surface area contributed by atoms with Crippen molar-refractivity contribution in [3.63, 3.8) is 0 Å². The Morgan fingerprint density at radius 1 is 1.24 bits per heavy atom. The van der Waals surface area contributed by atoms with Crippen LogP contribution in [0.4, 0.5) is 0 Å². The van der Waals surface area contributed by atoms with Gasteiger partial charge in [-0.3, -0.25) is 4.57 Å². The van der Waals surface area contributed by atoms with Gasteiger partial charge < -0.3 is 16.0 Å². The minimum absolute atomic E-state index is 0.284. The van der Waals surface area contributed by atoms with Crippen LogP contribution in [0.25, 0.3) is 16.7 Å². The molecule has 6 nitrogen and oxygen atoms in total. The lowest BCUT2D eigenvalue weighted by atomic mass is 10.2. The molecule has 6 heteroatoms. The van der Waals surface area contributed by atoms with E-state index in [0.717, 1.165) is 36.3 Å². The van der Waals surface area contributed by atoms with Crippen LogP contribution < -0.4 is 16.7 Å². The summed E-state index contributed by atoms with van der Waals surface area (Å²) in [6.07, 6.45) is 2.79. The first kappa shape index (κ1) is 18.9. The first-order valence-corrected chi connectivity index (χ1v) is 8.76. The predicted molar refractivity (Wildman–Crippen MR) is 103 cm³/mol. The molecule has 134 valence electrons. The number of nitrogens with one attached hydrogen (secondary N) is 2. The highest BCUT2D eigenvalue weighted by atomic mass is 16.1. The first-order valence-electron chi connectivity index (χ1n) is 8.76. The van der Waals surface area contributed by atoms with Crippen LogP contribution in [0.5, 0.6) is 0 Å². The topological polar surface area (TPSA) is 88.7 Å². The van der Waals surface area contributed by atoms with Crippen LogP contribution in [0.1, 0.15) is 31.5 Å². The van der Waals surface area contributed by atoms with E-state index in [2.05, 4.69) is 15.3 Å². The van der Waals surface area contributed by atoms with Gasteiger partial charge in [0.25, 0.3) is 0 Å². The molecule has 0 atom stereocenters. The van der Waals surface area contributed by atoms with Gasteiger partial charge in [-0.2, -0.15) is 4.98 Å². The number of benzene rings is 1. The third-order valence-electron chi connectivity index (χ3n) is 3.74. The van der Waals surface area contributed by atoms with E-state index in [4.69, 9.17) is 5.73 Å². The summed E-state index contributed by atoms with van der Waals surface area (Å²) in [7, 11) is 0. The van der Waals surface area contributed by atoms with Crippen LogP contribution in [0.2, 0.25) is 0 Å². The summed E-state index contributed by atoms with van der Waals surface area (Å²) in [6, 6.07) is 9.89. The first-order chi connectivity index (χ1) is 12.2. The monoisotopic (exact) mass is 341 g/mol. The molecule has 0 saturated heterocycles. The Bertz CT molecular complexity index is 848. The summed E-state index contributed by atoms with van der Waals surface area (Å²) in [5, 5.41) is 4.26. The zero-order valence-electron chi connectivity index (χ0n) is 15.2. The molecular weight excluding hydrogens is 314 g/mol. The number of fused-ring (bicyclic) bond motifs is 1. The maximum Gasteiger partial charge on any atom is 0.354 e. The Labute approximate surface area is 148 Å². The second kappa shape index (κ2) is 9.15. The molecule has 3 rings (SSSR count). The van der Waals surface area contributed by atoms with Crippen LogP contribution in [-0.4, -0.2) is 27.6 Å². The van der Waals surface area contributed by atoms with E-state index in [1.54, 1.807) is 4.57 Å². The Morgan fingerprint density at radius 3 is 2.64 bits per heavy atom. The third-order valence-corrected chi connectivity index (χ3v) is 3.74. The lowest BCUT2D eigenvalue weighted by Gasteiger charge is -2.07. The fraction of sp³-hybridized carbons (Fsp3) is 0.368. The van der Waals surface area contributed by atoms with Gasteiger partial charge in [0, 0.05) is 23.8 Å². The van der Waals surface area contributed by atoms with Crippen molar-refractivity contribution in [2.24, 2.45) is 5.73 Å². The minimum atomic E-state index is -0.284. The van der Waals surface area contributed by atoms with E-state index in [-0.39, 0.29) is 5.69 Å².